The van der Waals surface area contributed by atoms with Crippen LogP contribution in [0.3, 0.4) is 0 Å². The topological polar surface area (TPSA) is 40.6 Å². The normalized spacial score (nSPS) is 18.1. The van der Waals surface area contributed by atoms with Crippen LogP contribution in [0, 0.1) is 0 Å². The van der Waals surface area contributed by atoms with Crippen LogP contribution in [0.25, 0.3) is 0 Å². The predicted molar refractivity (Wildman–Crippen MR) is 107 cm³/mol. The average Bonchev–Trinajstić information content (AvgIpc) is 2.67. The molecule has 1 atom stereocenters. The van der Waals surface area contributed by atoms with Gasteiger partial charge in [0.2, 0.25) is 0 Å². The Bertz CT molecular complexity index is 515. The second kappa shape index (κ2) is 10.2. The molecule has 0 radical (unpaired) electrons. The molecule has 5 nitrogen and oxygen atoms in total. The molecule has 6 heteroatoms. The molecule has 0 aromatic carbocycles. The number of likely N-dealkylation sites (N-methyl/N-ethyl adjacent to an activating group) is 1. The van der Waals surface area contributed by atoms with Gasteiger partial charge in [-0.2, -0.15) is 0 Å². The molecule has 0 spiro atoms. The van der Waals surface area contributed by atoms with E-state index in [0.717, 1.165) is 69.5 Å². The zero-order valence-electron chi connectivity index (χ0n) is 15.8. The highest BCUT2D eigenvalue weighted by atomic mass is 32.1. The minimum absolute atomic E-state index is 0.408. The number of thiocarbonyl (C=S) groups is 1. The van der Waals surface area contributed by atoms with Crippen molar-refractivity contribution in [3.05, 3.63) is 30.1 Å². The van der Waals surface area contributed by atoms with Gasteiger partial charge in [-0.3, -0.25) is 14.8 Å². The molecule has 1 unspecified atom stereocenters. The van der Waals surface area contributed by atoms with Gasteiger partial charge in [0.25, 0.3) is 0 Å². The number of rotatable bonds is 9. The lowest BCUT2D eigenvalue weighted by Gasteiger charge is -2.47. The van der Waals surface area contributed by atoms with Crippen LogP contribution in [-0.4, -0.2) is 72.8 Å². The van der Waals surface area contributed by atoms with Crippen LogP contribution in [0.2, 0.25) is 0 Å². The highest BCUT2D eigenvalue weighted by Crippen LogP contribution is 2.31. The number of hydrogen-bond donors (Lipinski definition) is 1. The van der Waals surface area contributed by atoms with Crippen LogP contribution in [0.4, 0.5) is 0 Å². The van der Waals surface area contributed by atoms with Crippen LogP contribution < -0.4 is 5.32 Å². The van der Waals surface area contributed by atoms with Crippen molar-refractivity contribution >= 4 is 17.2 Å². The van der Waals surface area contributed by atoms with Crippen LogP contribution in [0.1, 0.15) is 32.4 Å². The van der Waals surface area contributed by atoms with Crippen molar-refractivity contribution in [3.63, 3.8) is 0 Å². The van der Waals surface area contributed by atoms with E-state index in [1.165, 1.54) is 0 Å². The van der Waals surface area contributed by atoms with Crippen molar-refractivity contribution in [2.45, 2.75) is 32.2 Å². The van der Waals surface area contributed by atoms with Gasteiger partial charge < -0.3 is 10.1 Å². The molecule has 0 aliphatic carbocycles. The van der Waals surface area contributed by atoms with Gasteiger partial charge in [-0.1, -0.05) is 32.1 Å². The monoisotopic (exact) mass is 364 g/mol. The minimum Gasteiger partial charge on any atom is -0.381 e. The molecule has 1 aliphatic heterocycles. The van der Waals surface area contributed by atoms with Gasteiger partial charge in [0.15, 0.2) is 0 Å². The number of nitrogens with zero attached hydrogens (tertiary/aromatic N) is 3. The summed E-state index contributed by atoms with van der Waals surface area (Å²) in [4.78, 5) is 10.6. The molecule has 1 aromatic rings. The van der Waals surface area contributed by atoms with E-state index in [0.29, 0.717) is 0 Å². The first-order valence-electron chi connectivity index (χ1n) is 9.37. The van der Waals surface area contributed by atoms with Crippen molar-refractivity contribution in [1.82, 2.24) is 20.1 Å². The summed E-state index contributed by atoms with van der Waals surface area (Å²) in [6, 6.07) is 6.14. The Morgan fingerprint density at radius 3 is 2.48 bits per heavy atom. The third-order valence-electron chi connectivity index (χ3n) is 4.77. The molecule has 140 valence electrons. The number of nitrogens with one attached hydrogen (secondary N) is 1. The van der Waals surface area contributed by atoms with E-state index < -0.39 is 5.54 Å². The molecule has 0 saturated carbocycles. The molecule has 25 heavy (non-hydrogen) atoms. The SMILES string of the molecule is CCCN(CCC)C(CN1CCOCC1)(C(=S)NC)c1ccccn1. The van der Waals surface area contributed by atoms with Gasteiger partial charge in [0.05, 0.1) is 18.9 Å². The standard InChI is InChI=1S/C19H32N4OS/c1-4-10-23(11-5-2)19(18(25)20-3,17-8-6-7-9-21-17)16-22-12-14-24-15-13-22/h6-9H,4-5,10-16H2,1-3H3,(H,20,25). The lowest BCUT2D eigenvalue weighted by molar-refractivity contribution is 0.00967. The Morgan fingerprint density at radius 2 is 1.96 bits per heavy atom. The molecule has 1 N–H and O–H groups in total. The zero-order valence-corrected chi connectivity index (χ0v) is 16.6. The van der Waals surface area contributed by atoms with E-state index in [1.807, 2.05) is 19.3 Å². The largest absolute Gasteiger partial charge is 0.381 e. The second-order valence-electron chi connectivity index (χ2n) is 6.53. The van der Waals surface area contributed by atoms with Gasteiger partial charge >= 0.3 is 0 Å². The number of hydrogen-bond acceptors (Lipinski definition) is 5. The number of morpholine rings is 1. The van der Waals surface area contributed by atoms with E-state index in [9.17, 15) is 0 Å². The molecular weight excluding hydrogens is 332 g/mol. The molecule has 2 rings (SSSR count). The molecule has 0 amide bonds. The van der Waals surface area contributed by atoms with E-state index >= 15 is 0 Å². The van der Waals surface area contributed by atoms with Crippen molar-refractivity contribution in [2.75, 3.05) is 53.0 Å². The zero-order chi connectivity index (χ0) is 18.1. The van der Waals surface area contributed by atoms with Crippen LogP contribution in [0.15, 0.2) is 24.4 Å². The highest BCUT2D eigenvalue weighted by molar-refractivity contribution is 7.80. The summed E-state index contributed by atoms with van der Waals surface area (Å²) in [5.74, 6) is 0. The van der Waals surface area contributed by atoms with Gasteiger partial charge in [-0.15, -0.1) is 0 Å². The third-order valence-corrected chi connectivity index (χ3v) is 5.32. The van der Waals surface area contributed by atoms with Crippen LogP contribution in [0.5, 0.6) is 0 Å². The summed E-state index contributed by atoms with van der Waals surface area (Å²) in [5, 5.41) is 3.28. The maximum absolute atomic E-state index is 5.89. The maximum Gasteiger partial charge on any atom is 0.127 e. The lowest BCUT2D eigenvalue weighted by Crippen LogP contribution is -2.62. The van der Waals surface area contributed by atoms with Crippen LogP contribution in [-0.2, 0) is 10.3 Å². The highest BCUT2D eigenvalue weighted by Gasteiger charge is 2.44. The molecule has 2 heterocycles. The van der Waals surface area contributed by atoms with E-state index in [4.69, 9.17) is 21.9 Å². The van der Waals surface area contributed by atoms with Gasteiger partial charge in [-0.25, -0.2) is 0 Å². The van der Waals surface area contributed by atoms with E-state index in [-0.39, 0.29) is 0 Å². The van der Waals surface area contributed by atoms with E-state index in [2.05, 4.69) is 41.1 Å². The van der Waals surface area contributed by atoms with Crippen molar-refractivity contribution in [2.24, 2.45) is 0 Å². The summed E-state index contributed by atoms with van der Waals surface area (Å²) in [7, 11) is 1.93. The predicted octanol–water partition coefficient (Wildman–Crippen LogP) is 2.28. The summed E-state index contributed by atoms with van der Waals surface area (Å²) >= 11 is 5.89. The maximum atomic E-state index is 5.89. The third kappa shape index (κ3) is 4.76. The first-order valence-corrected chi connectivity index (χ1v) is 9.78. The number of aromatic nitrogens is 1. The average molecular weight is 365 g/mol. The molecule has 1 saturated heterocycles. The van der Waals surface area contributed by atoms with Gasteiger partial charge in [0, 0.05) is 32.9 Å². The number of ether oxygens (including phenoxy) is 1. The Hall–Kier alpha value is -1.08. The quantitative estimate of drug-likeness (QED) is 0.678. The Kier molecular flexibility index (Phi) is 8.22. The smallest absolute Gasteiger partial charge is 0.127 e. The summed E-state index contributed by atoms with van der Waals surface area (Å²) in [6.45, 7) is 10.7. The minimum atomic E-state index is -0.408. The van der Waals surface area contributed by atoms with Crippen molar-refractivity contribution in [1.29, 1.82) is 0 Å². The fourth-order valence-corrected chi connectivity index (χ4v) is 3.90. The summed E-state index contributed by atoms with van der Waals surface area (Å²) in [6.07, 6.45) is 4.05. The molecule has 1 fully saturated rings. The second-order valence-corrected chi connectivity index (χ2v) is 6.94. The lowest BCUT2D eigenvalue weighted by atomic mass is 9.89. The fraction of sp³-hybridized carbons (Fsp3) is 0.684. The van der Waals surface area contributed by atoms with Crippen molar-refractivity contribution < 1.29 is 4.74 Å². The Labute approximate surface area is 157 Å². The van der Waals surface area contributed by atoms with E-state index in [1.54, 1.807) is 0 Å². The fourth-order valence-electron chi connectivity index (χ4n) is 3.61. The molecule has 0 bridgehead atoms. The number of pyridine rings is 1. The first kappa shape index (κ1) is 20.2. The molecular formula is C19H32N4OS. The Morgan fingerprint density at radius 1 is 1.28 bits per heavy atom. The van der Waals surface area contributed by atoms with Gasteiger partial charge in [-0.05, 0) is 38.1 Å². The van der Waals surface area contributed by atoms with Gasteiger partial charge in [0.1, 0.15) is 10.5 Å². The first-order chi connectivity index (χ1) is 12.2. The van der Waals surface area contributed by atoms with Crippen LogP contribution >= 0.6 is 12.2 Å². The molecule has 1 aromatic heterocycles. The molecule has 1 aliphatic rings. The summed E-state index contributed by atoms with van der Waals surface area (Å²) < 4.78 is 5.54. The Balaban J connectivity index is 2.49. The van der Waals surface area contributed by atoms with Crippen molar-refractivity contribution in [3.8, 4) is 0 Å². The summed E-state index contributed by atoms with van der Waals surface area (Å²) in [5.41, 5.74) is 0.622.